The summed E-state index contributed by atoms with van der Waals surface area (Å²) < 4.78 is 5.78. The number of rotatable bonds is 7. The summed E-state index contributed by atoms with van der Waals surface area (Å²) in [5.41, 5.74) is 0.616. The molecular formula is C15H20Cl2N2O. The highest BCUT2D eigenvalue weighted by Crippen LogP contribution is 2.33. The zero-order chi connectivity index (χ0) is 15.2. The summed E-state index contributed by atoms with van der Waals surface area (Å²) in [4.78, 5) is 0. The molecule has 0 heterocycles. The van der Waals surface area contributed by atoms with E-state index in [9.17, 15) is 0 Å². The van der Waals surface area contributed by atoms with Crippen molar-refractivity contribution in [1.82, 2.24) is 5.32 Å². The third-order valence-corrected chi connectivity index (χ3v) is 3.45. The van der Waals surface area contributed by atoms with Gasteiger partial charge in [0.1, 0.15) is 5.75 Å². The van der Waals surface area contributed by atoms with Gasteiger partial charge >= 0.3 is 0 Å². The molecule has 0 fully saturated rings. The van der Waals surface area contributed by atoms with Gasteiger partial charge in [-0.1, -0.05) is 23.2 Å². The molecule has 0 radical (unpaired) electrons. The minimum Gasteiger partial charge on any atom is -0.492 e. The Hall–Kier alpha value is -0.950. The first-order valence-corrected chi connectivity index (χ1v) is 7.32. The lowest BCUT2D eigenvalue weighted by atomic mass is 9.90. The van der Waals surface area contributed by atoms with Gasteiger partial charge in [0.2, 0.25) is 0 Å². The van der Waals surface area contributed by atoms with E-state index in [2.05, 4.69) is 11.4 Å². The molecule has 0 amide bonds. The standard InChI is InChI=1S/C15H20Cl2N2O/c1-15(2,10-18)5-4-6-20-14-11(9-19-3)7-12(16)8-13(14)17/h7-8,19H,4-6,9H2,1-3H3. The molecule has 1 N–H and O–H groups in total. The summed E-state index contributed by atoms with van der Waals surface area (Å²) in [6.07, 6.45) is 1.59. The molecule has 0 atom stereocenters. The smallest absolute Gasteiger partial charge is 0.142 e. The highest BCUT2D eigenvalue weighted by atomic mass is 35.5. The lowest BCUT2D eigenvalue weighted by Crippen LogP contribution is -2.12. The van der Waals surface area contributed by atoms with Crippen molar-refractivity contribution in [2.24, 2.45) is 5.41 Å². The molecule has 0 aliphatic rings. The number of hydrogen-bond donors (Lipinski definition) is 1. The van der Waals surface area contributed by atoms with Gasteiger partial charge in [0.15, 0.2) is 0 Å². The number of nitrogens with one attached hydrogen (secondary N) is 1. The molecule has 110 valence electrons. The van der Waals surface area contributed by atoms with E-state index >= 15 is 0 Å². The number of halogens is 2. The number of hydrogen-bond acceptors (Lipinski definition) is 3. The summed E-state index contributed by atoms with van der Waals surface area (Å²) in [5.74, 6) is 0.667. The average molecular weight is 315 g/mol. The van der Waals surface area contributed by atoms with E-state index in [1.807, 2.05) is 27.0 Å². The number of nitriles is 1. The molecule has 0 aliphatic heterocycles. The van der Waals surface area contributed by atoms with Gasteiger partial charge < -0.3 is 10.1 Å². The van der Waals surface area contributed by atoms with Gasteiger partial charge in [0.25, 0.3) is 0 Å². The first-order chi connectivity index (χ1) is 9.39. The van der Waals surface area contributed by atoms with Crippen LogP contribution in [0.4, 0.5) is 0 Å². The SMILES string of the molecule is CNCc1cc(Cl)cc(Cl)c1OCCCC(C)(C)C#N. The van der Waals surface area contributed by atoms with Crippen molar-refractivity contribution in [3.63, 3.8) is 0 Å². The fraction of sp³-hybridized carbons (Fsp3) is 0.533. The van der Waals surface area contributed by atoms with E-state index in [0.29, 0.717) is 28.9 Å². The summed E-state index contributed by atoms with van der Waals surface area (Å²) in [5, 5.41) is 13.1. The van der Waals surface area contributed by atoms with Crippen LogP contribution in [0, 0.1) is 16.7 Å². The Kier molecular flexibility index (Phi) is 6.61. The van der Waals surface area contributed by atoms with Crippen LogP contribution in [-0.4, -0.2) is 13.7 Å². The van der Waals surface area contributed by atoms with Gasteiger partial charge in [-0.3, -0.25) is 0 Å². The number of benzene rings is 1. The highest BCUT2D eigenvalue weighted by Gasteiger charge is 2.16. The summed E-state index contributed by atoms with van der Waals surface area (Å²) in [7, 11) is 1.86. The Morgan fingerprint density at radius 3 is 2.65 bits per heavy atom. The predicted octanol–water partition coefficient (Wildman–Crippen LogP) is 4.42. The van der Waals surface area contributed by atoms with Gasteiger partial charge in [-0.05, 0) is 45.9 Å². The largest absolute Gasteiger partial charge is 0.492 e. The normalized spacial score (nSPS) is 11.2. The topological polar surface area (TPSA) is 45.0 Å². The Bertz CT molecular complexity index is 495. The van der Waals surface area contributed by atoms with Crippen LogP contribution in [0.5, 0.6) is 5.75 Å². The first-order valence-electron chi connectivity index (χ1n) is 6.56. The molecule has 0 aliphatic carbocycles. The molecule has 0 bridgehead atoms. The zero-order valence-electron chi connectivity index (χ0n) is 12.1. The molecule has 3 nitrogen and oxygen atoms in total. The lowest BCUT2D eigenvalue weighted by Gasteiger charge is -2.17. The second-order valence-corrected chi connectivity index (χ2v) is 6.20. The molecule has 0 aromatic heterocycles. The van der Waals surface area contributed by atoms with Crippen LogP contribution < -0.4 is 10.1 Å². The van der Waals surface area contributed by atoms with Crippen LogP contribution in [0.25, 0.3) is 0 Å². The van der Waals surface area contributed by atoms with Crippen molar-refractivity contribution < 1.29 is 4.74 Å². The molecule has 0 saturated heterocycles. The fourth-order valence-electron chi connectivity index (χ4n) is 1.84. The second kappa shape index (κ2) is 7.73. The molecule has 5 heteroatoms. The molecule has 1 aromatic rings. The van der Waals surface area contributed by atoms with Crippen LogP contribution in [0.1, 0.15) is 32.3 Å². The van der Waals surface area contributed by atoms with Gasteiger partial charge in [-0.15, -0.1) is 0 Å². The van der Waals surface area contributed by atoms with E-state index < -0.39 is 0 Å². The minimum atomic E-state index is -0.318. The molecular weight excluding hydrogens is 295 g/mol. The van der Waals surface area contributed by atoms with Crippen molar-refractivity contribution in [2.75, 3.05) is 13.7 Å². The van der Waals surface area contributed by atoms with Gasteiger partial charge in [-0.2, -0.15) is 5.26 Å². The van der Waals surface area contributed by atoms with E-state index in [0.717, 1.165) is 18.4 Å². The summed E-state index contributed by atoms with van der Waals surface area (Å²) in [6.45, 7) is 5.02. The Morgan fingerprint density at radius 1 is 1.35 bits per heavy atom. The van der Waals surface area contributed by atoms with Crippen molar-refractivity contribution in [2.45, 2.75) is 33.2 Å². The number of nitrogens with zero attached hydrogens (tertiary/aromatic N) is 1. The van der Waals surface area contributed by atoms with Crippen molar-refractivity contribution >= 4 is 23.2 Å². The monoisotopic (exact) mass is 314 g/mol. The van der Waals surface area contributed by atoms with E-state index in [-0.39, 0.29) is 5.41 Å². The van der Waals surface area contributed by atoms with Gasteiger partial charge in [0, 0.05) is 17.1 Å². The van der Waals surface area contributed by atoms with Gasteiger partial charge in [-0.25, -0.2) is 0 Å². The summed E-state index contributed by atoms with van der Waals surface area (Å²) in [6, 6.07) is 5.80. The van der Waals surface area contributed by atoms with Crippen molar-refractivity contribution in [3.05, 3.63) is 27.7 Å². The van der Waals surface area contributed by atoms with E-state index in [1.54, 1.807) is 6.07 Å². The fourth-order valence-corrected chi connectivity index (χ4v) is 2.43. The number of ether oxygens (including phenoxy) is 1. The van der Waals surface area contributed by atoms with Crippen LogP contribution >= 0.6 is 23.2 Å². The van der Waals surface area contributed by atoms with Crippen LogP contribution in [0.3, 0.4) is 0 Å². The predicted molar refractivity (Wildman–Crippen MR) is 83.3 cm³/mol. The Labute approximate surface area is 130 Å². The molecule has 1 aromatic carbocycles. The Morgan fingerprint density at radius 2 is 2.05 bits per heavy atom. The maximum absolute atomic E-state index is 8.96. The third kappa shape index (κ3) is 5.20. The van der Waals surface area contributed by atoms with Crippen LogP contribution in [0.2, 0.25) is 10.0 Å². The first kappa shape index (κ1) is 17.1. The van der Waals surface area contributed by atoms with Gasteiger partial charge in [0.05, 0.1) is 23.1 Å². The average Bonchev–Trinajstić information content (AvgIpc) is 2.37. The molecule has 0 saturated carbocycles. The molecule has 0 unspecified atom stereocenters. The van der Waals surface area contributed by atoms with E-state index in [1.165, 1.54) is 0 Å². The minimum absolute atomic E-state index is 0.318. The molecule has 0 spiro atoms. The maximum atomic E-state index is 8.96. The second-order valence-electron chi connectivity index (χ2n) is 5.35. The third-order valence-electron chi connectivity index (χ3n) is 2.95. The van der Waals surface area contributed by atoms with Crippen molar-refractivity contribution in [1.29, 1.82) is 5.26 Å². The quantitative estimate of drug-likeness (QED) is 0.758. The van der Waals surface area contributed by atoms with E-state index in [4.69, 9.17) is 33.2 Å². The maximum Gasteiger partial charge on any atom is 0.142 e. The van der Waals surface area contributed by atoms with Crippen LogP contribution in [0.15, 0.2) is 12.1 Å². The van der Waals surface area contributed by atoms with Crippen molar-refractivity contribution in [3.8, 4) is 11.8 Å². The molecule has 1 rings (SSSR count). The van der Waals surface area contributed by atoms with Crippen LogP contribution in [-0.2, 0) is 6.54 Å². The highest BCUT2D eigenvalue weighted by molar-refractivity contribution is 6.35. The lowest BCUT2D eigenvalue weighted by molar-refractivity contribution is 0.281. The zero-order valence-corrected chi connectivity index (χ0v) is 13.6. The molecule has 20 heavy (non-hydrogen) atoms. The Balaban J connectivity index is 2.66. The summed E-state index contributed by atoms with van der Waals surface area (Å²) >= 11 is 12.2.